The van der Waals surface area contributed by atoms with Crippen LogP contribution in [0.3, 0.4) is 0 Å². The lowest BCUT2D eigenvalue weighted by molar-refractivity contribution is -0.139. The minimum absolute atomic E-state index is 0.0155. The van der Waals surface area contributed by atoms with Crippen molar-refractivity contribution in [3.8, 4) is 22.6 Å². The molecule has 0 fully saturated rings. The van der Waals surface area contributed by atoms with Gasteiger partial charge in [-0.3, -0.25) is 4.79 Å². The molecule has 0 bridgehead atoms. The fraction of sp³-hybridized carbons (Fsp3) is 0.231. The number of carbonyl (C=O) groups excluding carboxylic acids is 1. The first kappa shape index (κ1) is 25.7. The molecule has 0 unspecified atom stereocenters. The maximum atomic E-state index is 14.1. The second-order valence-electron chi connectivity index (χ2n) is 8.16. The lowest BCUT2D eigenvalue weighted by Gasteiger charge is -2.25. The Bertz CT molecular complexity index is 1330. The van der Waals surface area contributed by atoms with Gasteiger partial charge in [0.25, 0.3) is 5.91 Å². The van der Waals surface area contributed by atoms with Crippen LogP contribution in [-0.2, 0) is 17.6 Å². The number of carboxylic acids is 1. The van der Waals surface area contributed by atoms with E-state index < -0.39 is 29.6 Å². The number of benzene rings is 3. The minimum Gasteiger partial charge on any atom is -0.496 e. The highest BCUT2D eigenvalue weighted by Gasteiger charge is 2.28. The first-order valence-corrected chi connectivity index (χ1v) is 11.8. The largest absolute Gasteiger partial charge is 0.496 e. The van der Waals surface area contributed by atoms with Gasteiger partial charge in [0.15, 0.2) is 11.6 Å². The van der Waals surface area contributed by atoms with Gasteiger partial charge in [-0.1, -0.05) is 41.4 Å². The normalized spacial score (nSPS) is 13.4. The van der Waals surface area contributed by atoms with E-state index in [-0.39, 0.29) is 27.8 Å². The SMILES string of the molecule is COc1cc(F)c(F)cc1-c1ccc(C[C@H](NC(=O)c2c(Cl)cccc2Cl)C(=O)O)c2c1OCCC2. The van der Waals surface area contributed by atoms with Crippen LogP contribution in [0.15, 0.2) is 42.5 Å². The zero-order valence-corrected chi connectivity index (χ0v) is 20.6. The second-order valence-corrected chi connectivity index (χ2v) is 8.98. The summed E-state index contributed by atoms with van der Waals surface area (Å²) in [5, 5.41) is 12.5. The van der Waals surface area contributed by atoms with E-state index in [4.69, 9.17) is 32.7 Å². The van der Waals surface area contributed by atoms with E-state index in [0.717, 1.165) is 17.7 Å². The molecule has 3 aromatic rings. The molecule has 4 rings (SSSR count). The standard InChI is InChI=1S/C26H21Cl2F2NO5/c1-35-22-12-20(30)19(29)11-16(22)15-8-7-13(14-4-3-9-36-24(14)15)10-21(26(33)34)31-25(32)23-17(27)5-2-6-18(23)28/h2,5-8,11-12,21H,3-4,9-10H2,1H3,(H,31,32)(H,33,34)/t21-/m0/s1. The molecule has 0 aromatic heterocycles. The number of fused-ring (bicyclic) bond motifs is 1. The molecule has 3 aromatic carbocycles. The third-order valence-corrected chi connectivity index (χ3v) is 6.55. The van der Waals surface area contributed by atoms with Crippen molar-refractivity contribution in [1.29, 1.82) is 0 Å². The van der Waals surface area contributed by atoms with E-state index in [1.165, 1.54) is 19.2 Å². The van der Waals surface area contributed by atoms with Crippen molar-refractivity contribution in [2.75, 3.05) is 13.7 Å². The fourth-order valence-electron chi connectivity index (χ4n) is 4.21. The summed E-state index contributed by atoms with van der Waals surface area (Å²) < 4.78 is 39.0. The number of carbonyl (C=O) groups is 2. The predicted octanol–water partition coefficient (Wildman–Crippen LogP) is 5.70. The van der Waals surface area contributed by atoms with Crippen LogP contribution in [0, 0.1) is 11.6 Å². The van der Waals surface area contributed by atoms with Crippen molar-refractivity contribution in [3.05, 3.63) is 80.8 Å². The molecule has 0 spiro atoms. The van der Waals surface area contributed by atoms with Crippen LogP contribution in [0.1, 0.15) is 27.9 Å². The zero-order valence-electron chi connectivity index (χ0n) is 19.0. The number of rotatable bonds is 7. The van der Waals surface area contributed by atoms with E-state index in [1.54, 1.807) is 18.2 Å². The average Bonchev–Trinajstić information content (AvgIpc) is 2.85. The van der Waals surface area contributed by atoms with Gasteiger partial charge in [-0.15, -0.1) is 0 Å². The first-order chi connectivity index (χ1) is 17.2. The topological polar surface area (TPSA) is 84.9 Å². The van der Waals surface area contributed by atoms with Crippen LogP contribution in [0.4, 0.5) is 8.78 Å². The van der Waals surface area contributed by atoms with Gasteiger partial charge in [0.1, 0.15) is 17.5 Å². The molecule has 1 heterocycles. The molecule has 1 aliphatic rings. The summed E-state index contributed by atoms with van der Waals surface area (Å²) in [6, 6.07) is 8.58. The summed E-state index contributed by atoms with van der Waals surface area (Å²) in [5.41, 5.74) is 2.13. The van der Waals surface area contributed by atoms with E-state index >= 15 is 0 Å². The van der Waals surface area contributed by atoms with Crippen molar-refractivity contribution in [2.24, 2.45) is 0 Å². The van der Waals surface area contributed by atoms with Crippen LogP contribution in [0.25, 0.3) is 11.1 Å². The molecule has 1 atom stereocenters. The summed E-state index contributed by atoms with van der Waals surface area (Å²) in [7, 11) is 1.35. The molecule has 188 valence electrons. The van der Waals surface area contributed by atoms with Gasteiger partial charge >= 0.3 is 5.97 Å². The summed E-state index contributed by atoms with van der Waals surface area (Å²) >= 11 is 12.2. The molecule has 36 heavy (non-hydrogen) atoms. The Balaban J connectivity index is 1.70. The number of hydrogen-bond donors (Lipinski definition) is 2. The zero-order chi connectivity index (χ0) is 26.0. The Morgan fingerprint density at radius 3 is 2.47 bits per heavy atom. The maximum Gasteiger partial charge on any atom is 0.326 e. The lowest BCUT2D eigenvalue weighted by Crippen LogP contribution is -2.42. The average molecular weight is 536 g/mol. The van der Waals surface area contributed by atoms with Crippen LogP contribution in [0.5, 0.6) is 11.5 Å². The molecule has 1 amide bonds. The van der Waals surface area contributed by atoms with Gasteiger partial charge in [-0.25, -0.2) is 13.6 Å². The lowest BCUT2D eigenvalue weighted by atomic mass is 9.90. The monoisotopic (exact) mass is 535 g/mol. The Labute approximate surface area is 215 Å². The minimum atomic E-state index is -1.29. The van der Waals surface area contributed by atoms with Crippen molar-refractivity contribution in [3.63, 3.8) is 0 Å². The van der Waals surface area contributed by atoms with Gasteiger partial charge in [0.2, 0.25) is 0 Å². The van der Waals surface area contributed by atoms with Crippen LogP contribution < -0.4 is 14.8 Å². The molecule has 10 heteroatoms. The Kier molecular flexibility index (Phi) is 7.66. The number of ether oxygens (including phenoxy) is 2. The highest BCUT2D eigenvalue weighted by molar-refractivity contribution is 6.39. The van der Waals surface area contributed by atoms with Crippen molar-refractivity contribution in [1.82, 2.24) is 5.32 Å². The van der Waals surface area contributed by atoms with Crippen molar-refractivity contribution >= 4 is 35.1 Å². The summed E-state index contributed by atoms with van der Waals surface area (Å²) in [5.74, 6) is -3.47. The number of carboxylic acid groups (broad SMARTS) is 1. The molecule has 0 saturated heterocycles. The number of methoxy groups -OCH3 is 1. The number of nitrogens with one attached hydrogen (secondary N) is 1. The van der Waals surface area contributed by atoms with Gasteiger partial charge in [0, 0.05) is 23.6 Å². The first-order valence-electron chi connectivity index (χ1n) is 11.0. The molecular formula is C26H21Cl2F2NO5. The van der Waals surface area contributed by atoms with Crippen molar-refractivity contribution < 1.29 is 33.0 Å². The Morgan fingerprint density at radius 1 is 1.11 bits per heavy atom. The molecular weight excluding hydrogens is 515 g/mol. The van der Waals surface area contributed by atoms with Crippen LogP contribution in [-0.4, -0.2) is 36.7 Å². The van der Waals surface area contributed by atoms with Crippen LogP contribution in [0.2, 0.25) is 10.0 Å². The quantitative estimate of drug-likeness (QED) is 0.405. The predicted molar refractivity (Wildman–Crippen MR) is 131 cm³/mol. The smallest absolute Gasteiger partial charge is 0.326 e. The Hall–Kier alpha value is -3.36. The molecule has 0 saturated carbocycles. The number of aliphatic carboxylic acids is 1. The highest BCUT2D eigenvalue weighted by Crippen LogP contribution is 2.42. The van der Waals surface area contributed by atoms with E-state index in [2.05, 4.69) is 5.32 Å². The molecule has 0 aliphatic carbocycles. The second kappa shape index (κ2) is 10.7. The van der Waals surface area contributed by atoms with Gasteiger partial charge < -0.3 is 19.9 Å². The van der Waals surface area contributed by atoms with Gasteiger partial charge in [-0.05, 0) is 42.2 Å². The highest BCUT2D eigenvalue weighted by atomic mass is 35.5. The third kappa shape index (κ3) is 5.10. The molecule has 0 radical (unpaired) electrons. The van der Waals surface area contributed by atoms with Crippen molar-refractivity contribution in [2.45, 2.75) is 25.3 Å². The molecule has 1 aliphatic heterocycles. The maximum absolute atomic E-state index is 14.1. The van der Waals surface area contributed by atoms with E-state index in [9.17, 15) is 23.5 Å². The number of halogens is 4. The van der Waals surface area contributed by atoms with Gasteiger partial charge in [-0.2, -0.15) is 0 Å². The van der Waals surface area contributed by atoms with E-state index in [0.29, 0.717) is 41.9 Å². The number of hydrogen-bond acceptors (Lipinski definition) is 4. The van der Waals surface area contributed by atoms with E-state index in [1.807, 2.05) is 0 Å². The summed E-state index contributed by atoms with van der Waals surface area (Å²) in [6.07, 6.45) is 1.20. The summed E-state index contributed by atoms with van der Waals surface area (Å²) in [4.78, 5) is 24.8. The third-order valence-electron chi connectivity index (χ3n) is 5.92. The summed E-state index contributed by atoms with van der Waals surface area (Å²) in [6.45, 7) is 0.402. The van der Waals surface area contributed by atoms with Gasteiger partial charge in [0.05, 0.1) is 29.3 Å². The fourth-order valence-corrected chi connectivity index (χ4v) is 4.78. The number of amides is 1. The van der Waals surface area contributed by atoms with Crippen LogP contribution >= 0.6 is 23.2 Å². The Morgan fingerprint density at radius 2 is 1.81 bits per heavy atom. The molecule has 2 N–H and O–H groups in total. The molecule has 6 nitrogen and oxygen atoms in total.